The number of alkyl halides is 3. The lowest BCUT2D eigenvalue weighted by molar-refractivity contribution is -0.137. The Labute approximate surface area is 227 Å². The third-order valence-electron chi connectivity index (χ3n) is 5.93. The summed E-state index contributed by atoms with van der Waals surface area (Å²) in [5.41, 5.74) is 1.09. The summed E-state index contributed by atoms with van der Waals surface area (Å²) in [4.78, 5) is 13.1. The van der Waals surface area contributed by atoms with Crippen molar-refractivity contribution in [2.24, 2.45) is 0 Å². The molecule has 5 rings (SSSR count). The van der Waals surface area contributed by atoms with Crippen molar-refractivity contribution in [3.05, 3.63) is 102 Å². The van der Waals surface area contributed by atoms with Gasteiger partial charge in [0.25, 0.3) is 0 Å². The molecule has 0 aliphatic heterocycles. The number of rotatable bonds is 8. The van der Waals surface area contributed by atoms with Crippen LogP contribution < -0.4 is 9.46 Å². The van der Waals surface area contributed by atoms with Crippen molar-refractivity contribution in [3.8, 4) is 23.1 Å². The quantitative estimate of drug-likeness (QED) is 0.283. The molecular formula is C26H22F3N7O3S. The van der Waals surface area contributed by atoms with Crippen LogP contribution in [-0.2, 0) is 16.2 Å². The fourth-order valence-corrected chi connectivity index (χ4v) is 5.15. The number of nitrogens with one attached hydrogen (secondary N) is 2. The Morgan fingerprint density at radius 3 is 2.35 bits per heavy atom. The molecule has 0 bridgehead atoms. The summed E-state index contributed by atoms with van der Waals surface area (Å²) >= 11 is 0. The van der Waals surface area contributed by atoms with Crippen molar-refractivity contribution >= 4 is 10.0 Å². The first-order valence-corrected chi connectivity index (χ1v) is 13.3. The highest BCUT2D eigenvalue weighted by Crippen LogP contribution is 2.32. The Morgan fingerprint density at radius 2 is 1.73 bits per heavy atom. The van der Waals surface area contributed by atoms with E-state index in [0.717, 1.165) is 17.8 Å². The van der Waals surface area contributed by atoms with Gasteiger partial charge in [-0.2, -0.15) is 23.0 Å². The average Bonchev–Trinajstić information content (AvgIpc) is 3.61. The molecule has 0 radical (unpaired) electrons. The van der Waals surface area contributed by atoms with Crippen LogP contribution in [0.3, 0.4) is 0 Å². The molecule has 206 valence electrons. The normalized spacial score (nSPS) is 12.8. The molecule has 3 aromatic heterocycles. The fourth-order valence-electron chi connectivity index (χ4n) is 3.94. The summed E-state index contributed by atoms with van der Waals surface area (Å²) in [7, 11) is -2.64. The molecule has 0 aliphatic rings. The molecule has 0 saturated heterocycles. The number of ether oxygens (including phenoxy) is 1. The maximum atomic E-state index is 13.2. The number of aromatic nitrogens is 6. The van der Waals surface area contributed by atoms with Crippen LogP contribution in [0, 0.1) is 6.92 Å². The standard InChI is InChI=1S/C26H22F3N7O3S/c1-16-14-36(15-30-16)21-13-12-20(31-25(21)39-2)23-32-24(34-33-23)22(17-8-10-18(11-9-17)26(27,28)29)35-40(37,38)19-6-4-3-5-7-19/h3-15,22,35H,1-2H3,(H,32,33,34)/t22-/m0/s1. The zero-order chi connectivity index (χ0) is 28.5. The van der Waals surface area contributed by atoms with Crippen LogP contribution >= 0.6 is 0 Å². The van der Waals surface area contributed by atoms with E-state index in [-0.39, 0.29) is 28.0 Å². The summed E-state index contributed by atoms with van der Waals surface area (Å²) in [6, 6.07) is 13.9. The molecule has 40 heavy (non-hydrogen) atoms. The largest absolute Gasteiger partial charge is 0.479 e. The van der Waals surface area contributed by atoms with Crippen LogP contribution in [0.4, 0.5) is 13.2 Å². The van der Waals surface area contributed by atoms with Crippen LogP contribution in [-0.4, -0.2) is 45.2 Å². The van der Waals surface area contributed by atoms with E-state index in [1.54, 1.807) is 47.4 Å². The number of pyridine rings is 1. The van der Waals surface area contributed by atoms with Gasteiger partial charge >= 0.3 is 6.18 Å². The van der Waals surface area contributed by atoms with E-state index in [4.69, 9.17) is 4.74 Å². The summed E-state index contributed by atoms with van der Waals surface area (Å²) in [5, 5.41) is 6.89. The highest BCUT2D eigenvalue weighted by Gasteiger charge is 2.31. The van der Waals surface area contributed by atoms with Crippen LogP contribution in [0.2, 0.25) is 0 Å². The van der Waals surface area contributed by atoms with E-state index in [1.165, 1.54) is 31.4 Å². The van der Waals surface area contributed by atoms with E-state index in [9.17, 15) is 21.6 Å². The van der Waals surface area contributed by atoms with Crippen LogP contribution in [0.5, 0.6) is 5.88 Å². The number of nitrogens with zero attached hydrogens (tertiary/aromatic N) is 5. The Kier molecular flexibility index (Phi) is 7.12. The maximum absolute atomic E-state index is 13.2. The van der Waals surface area contributed by atoms with Crippen LogP contribution in [0.25, 0.3) is 17.2 Å². The van der Waals surface area contributed by atoms with Crippen molar-refractivity contribution in [1.29, 1.82) is 0 Å². The van der Waals surface area contributed by atoms with Gasteiger partial charge in [0.2, 0.25) is 15.9 Å². The fraction of sp³-hybridized carbons (Fsp3) is 0.154. The number of benzene rings is 2. The van der Waals surface area contributed by atoms with Gasteiger partial charge in [-0.25, -0.2) is 23.4 Å². The van der Waals surface area contributed by atoms with Crippen LogP contribution in [0.15, 0.2) is 84.1 Å². The lowest BCUT2D eigenvalue weighted by atomic mass is 10.0. The Bertz CT molecular complexity index is 1740. The first kappa shape index (κ1) is 27.0. The van der Waals surface area contributed by atoms with Gasteiger partial charge in [0.05, 0.1) is 29.6 Å². The highest BCUT2D eigenvalue weighted by atomic mass is 32.2. The minimum Gasteiger partial charge on any atom is -0.479 e. The second-order valence-corrected chi connectivity index (χ2v) is 10.4. The van der Waals surface area contributed by atoms with Gasteiger partial charge in [-0.05, 0) is 48.9 Å². The van der Waals surface area contributed by atoms with Gasteiger partial charge in [0.1, 0.15) is 23.2 Å². The van der Waals surface area contributed by atoms with Crippen molar-refractivity contribution in [1.82, 2.24) is 34.4 Å². The molecule has 0 fully saturated rings. The van der Waals surface area contributed by atoms with Gasteiger partial charge < -0.3 is 9.30 Å². The number of H-pyrrole nitrogens is 1. The molecule has 0 aliphatic carbocycles. The molecule has 0 spiro atoms. The number of hydrogen-bond acceptors (Lipinski definition) is 7. The van der Waals surface area contributed by atoms with Crippen molar-refractivity contribution in [3.63, 3.8) is 0 Å². The van der Waals surface area contributed by atoms with Gasteiger partial charge in [0, 0.05) is 6.20 Å². The number of hydrogen-bond donors (Lipinski definition) is 2. The summed E-state index contributed by atoms with van der Waals surface area (Å²) in [6.07, 6.45) is -1.13. The Hall–Kier alpha value is -4.56. The number of aromatic amines is 1. The Morgan fingerprint density at radius 1 is 1.00 bits per heavy atom. The molecule has 1 atom stereocenters. The van der Waals surface area contributed by atoms with Crippen molar-refractivity contribution in [2.45, 2.75) is 24.0 Å². The van der Waals surface area contributed by atoms with Gasteiger partial charge in [-0.1, -0.05) is 30.3 Å². The predicted molar refractivity (Wildman–Crippen MR) is 138 cm³/mol. The van der Waals surface area contributed by atoms with E-state index in [0.29, 0.717) is 11.4 Å². The van der Waals surface area contributed by atoms with E-state index in [1.807, 2.05) is 6.92 Å². The maximum Gasteiger partial charge on any atom is 0.416 e. The number of sulfonamides is 1. The minimum absolute atomic E-state index is 0.0246. The van der Waals surface area contributed by atoms with Gasteiger partial charge in [-0.3, -0.25) is 5.10 Å². The van der Waals surface area contributed by atoms with E-state index in [2.05, 4.69) is 29.9 Å². The summed E-state index contributed by atoms with van der Waals surface area (Å²) in [5.74, 6) is 0.437. The second-order valence-electron chi connectivity index (χ2n) is 8.68. The molecule has 0 unspecified atom stereocenters. The molecule has 2 aromatic carbocycles. The highest BCUT2D eigenvalue weighted by molar-refractivity contribution is 7.89. The molecular weight excluding hydrogens is 547 g/mol. The lowest BCUT2D eigenvalue weighted by Crippen LogP contribution is -2.30. The molecule has 10 nitrogen and oxygen atoms in total. The molecule has 5 aromatic rings. The third-order valence-corrected chi connectivity index (χ3v) is 7.37. The molecule has 3 heterocycles. The SMILES string of the molecule is COc1nc(-c2n[nH]c([C@@H](NS(=O)(=O)c3ccccc3)c3ccc(C(F)(F)F)cc3)n2)ccc1-n1cnc(C)c1. The monoisotopic (exact) mass is 569 g/mol. The first-order valence-electron chi connectivity index (χ1n) is 11.8. The number of methoxy groups -OCH3 is 1. The van der Waals surface area contributed by atoms with E-state index < -0.39 is 27.8 Å². The molecule has 0 saturated carbocycles. The minimum atomic E-state index is -4.55. The van der Waals surface area contributed by atoms with Crippen molar-refractivity contribution in [2.75, 3.05) is 7.11 Å². The lowest BCUT2D eigenvalue weighted by Gasteiger charge is -2.18. The van der Waals surface area contributed by atoms with Crippen molar-refractivity contribution < 1.29 is 26.3 Å². The number of imidazole rings is 1. The predicted octanol–water partition coefficient (Wildman–Crippen LogP) is 4.46. The van der Waals surface area contributed by atoms with E-state index >= 15 is 0 Å². The second kappa shape index (κ2) is 10.5. The molecule has 0 amide bonds. The van der Waals surface area contributed by atoms with Gasteiger partial charge in [-0.15, -0.1) is 0 Å². The first-order chi connectivity index (χ1) is 19.0. The zero-order valence-electron chi connectivity index (χ0n) is 21.1. The Balaban J connectivity index is 1.52. The smallest absolute Gasteiger partial charge is 0.416 e. The molecule has 14 heteroatoms. The summed E-state index contributed by atoms with van der Waals surface area (Å²) < 4.78 is 75.5. The molecule has 2 N–H and O–H groups in total. The number of aryl methyl sites for hydroxylation is 1. The third kappa shape index (κ3) is 5.58. The topological polar surface area (TPSA) is 128 Å². The van der Waals surface area contributed by atoms with Crippen LogP contribution in [0.1, 0.15) is 28.7 Å². The van der Waals surface area contributed by atoms with Gasteiger partial charge in [0.15, 0.2) is 5.82 Å². The average molecular weight is 570 g/mol. The zero-order valence-corrected chi connectivity index (χ0v) is 21.9. The number of halogens is 3. The summed E-state index contributed by atoms with van der Waals surface area (Å²) in [6.45, 7) is 1.85.